The Labute approximate surface area is 183 Å². The largest absolute Gasteiger partial charge is 0.387 e. The number of rotatable bonds is 5. The number of β-amino-alcohol motifs (C(OH)–C–C–N with tert-alkyl or cyclic N) is 1. The van der Waals surface area contributed by atoms with Crippen molar-refractivity contribution in [3.63, 3.8) is 0 Å². The number of hydrogen-bond acceptors (Lipinski definition) is 4. The molecule has 1 N–H and O–H groups in total. The van der Waals surface area contributed by atoms with E-state index in [9.17, 15) is 13.9 Å². The van der Waals surface area contributed by atoms with Gasteiger partial charge in [0.05, 0.1) is 16.3 Å². The predicted molar refractivity (Wildman–Crippen MR) is 117 cm³/mol. The third-order valence-corrected chi connectivity index (χ3v) is 7.10. The van der Waals surface area contributed by atoms with E-state index < -0.39 is 17.7 Å². The summed E-state index contributed by atoms with van der Waals surface area (Å²) in [5, 5.41) is 11.1. The number of aromatic nitrogens is 1. The highest BCUT2D eigenvalue weighted by atomic mass is 35.5. The Morgan fingerprint density at radius 3 is 2.67 bits per heavy atom. The molecule has 1 fully saturated rings. The molecule has 160 valence electrons. The molecule has 1 aromatic heterocycles. The number of piperidine rings is 1. The molecule has 1 atom stereocenters. The molecule has 2 heterocycles. The summed E-state index contributed by atoms with van der Waals surface area (Å²) < 4.78 is 30.4. The fourth-order valence-electron chi connectivity index (χ4n) is 4.12. The summed E-state index contributed by atoms with van der Waals surface area (Å²) in [7, 11) is 1.81. The number of likely N-dealkylation sites (tertiary alicyclic amines) is 1. The van der Waals surface area contributed by atoms with Gasteiger partial charge in [0.15, 0.2) is 4.80 Å². The summed E-state index contributed by atoms with van der Waals surface area (Å²) in [6.07, 6.45) is 1.01. The zero-order chi connectivity index (χ0) is 21.3. The monoisotopic (exact) mass is 451 g/mol. The van der Waals surface area contributed by atoms with Crippen LogP contribution in [0.3, 0.4) is 0 Å². The van der Waals surface area contributed by atoms with Gasteiger partial charge in [0.1, 0.15) is 11.6 Å². The summed E-state index contributed by atoms with van der Waals surface area (Å²) in [4.78, 5) is 7.57. The van der Waals surface area contributed by atoms with Crippen molar-refractivity contribution in [1.82, 2.24) is 9.47 Å². The Kier molecular flexibility index (Phi) is 6.53. The molecule has 30 heavy (non-hydrogen) atoms. The molecule has 4 nitrogen and oxygen atoms in total. The zero-order valence-corrected chi connectivity index (χ0v) is 18.3. The first kappa shape index (κ1) is 21.4. The lowest BCUT2D eigenvalue weighted by Gasteiger charge is -2.33. The Bertz CT molecular complexity index is 1110. The number of aliphatic hydroxyl groups is 1. The van der Waals surface area contributed by atoms with Crippen LogP contribution in [0.5, 0.6) is 0 Å². The van der Waals surface area contributed by atoms with Crippen LogP contribution in [0.1, 0.15) is 24.5 Å². The van der Waals surface area contributed by atoms with Crippen LogP contribution in [-0.4, -0.2) is 41.3 Å². The number of benzene rings is 2. The van der Waals surface area contributed by atoms with Gasteiger partial charge < -0.3 is 14.6 Å². The van der Waals surface area contributed by atoms with Crippen molar-refractivity contribution in [2.24, 2.45) is 10.9 Å². The van der Waals surface area contributed by atoms with Gasteiger partial charge in [-0.25, -0.2) is 8.78 Å². The molecule has 1 aliphatic rings. The quantitative estimate of drug-likeness (QED) is 0.615. The molecule has 0 aliphatic carbocycles. The molecule has 1 aliphatic heterocycles. The molecule has 0 unspecified atom stereocenters. The summed E-state index contributed by atoms with van der Waals surface area (Å²) >= 11 is 7.78. The van der Waals surface area contributed by atoms with Gasteiger partial charge >= 0.3 is 0 Å². The van der Waals surface area contributed by atoms with Crippen LogP contribution in [0.15, 0.2) is 41.4 Å². The van der Waals surface area contributed by atoms with Crippen LogP contribution < -0.4 is 4.80 Å². The Balaban J connectivity index is 1.39. The molecule has 8 heteroatoms. The SMILES string of the molecule is CN=c1sc2cc(Cl)ccc2n1CC1CCN(C[C@@H](O)c2ccc(F)cc2F)CC1. The average Bonchev–Trinajstić information content (AvgIpc) is 3.05. The normalized spacial score (nSPS) is 17.7. The van der Waals surface area contributed by atoms with Gasteiger partial charge in [-0.1, -0.05) is 29.0 Å². The highest BCUT2D eigenvalue weighted by Gasteiger charge is 2.24. The highest BCUT2D eigenvalue weighted by molar-refractivity contribution is 7.16. The number of fused-ring (bicyclic) bond motifs is 1. The standard InChI is InChI=1S/C22H24ClF2N3OS/c1-26-22-28(19-5-2-15(23)10-21(19)30-22)12-14-6-8-27(9-7-14)13-20(29)17-4-3-16(24)11-18(17)25/h2-5,10-11,14,20,29H,6-9,12-13H2,1H3/t20-/m1/s1. The second-order valence-corrected chi connectivity index (χ2v) is 9.20. The van der Waals surface area contributed by atoms with Crippen molar-refractivity contribution in [2.75, 3.05) is 26.7 Å². The first-order valence-electron chi connectivity index (χ1n) is 10.0. The maximum absolute atomic E-state index is 13.9. The molecule has 0 radical (unpaired) electrons. The molecule has 0 saturated carbocycles. The van der Waals surface area contributed by atoms with E-state index in [-0.39, 0.29) is 5.56 Å². The van der Waals surface area contributed by atoms with E-state index in [1.165, 1.54) is 12.1 Å². The van der Waals surface area contributed by atoms with Crippen LogP contribution in [0, 0.1) is 17.6 Å². The first-order valence-corrected chi connectivity index (χ1v) is 11.2. The molecule has 4 rings (SSSR count). The van der Waals surface area contributed by atoms with E-state index in [1.54, 1.807) is 18.4 Å². The summed E-state index contributed by atoms with van der Waals surface area (Å²) in [6, 6.07) is 9.25. The van der Waals surface area contributed by atoms with Crippen molar-refractivity contribution >= 4 is 33.2 Å². The van der Waals surface area contributed by atoms with E-state index in [2.05, 4.69) is 14.5 Å². The summed E-state index contributed by atoms with van der Waals surface area (Å²) in [5.74, 6) is -0.836. The molecule has 0 spiro atoms. The number of halogens is 3. The predicted octanol–water partition coefficient (Wildman–Crippen LogP) is 4.61. The minimum atomic E-state index is -0.965. The van der Waals surface area contributed by atoms with Crippen molar-refractivity contribution in [2.45, 2.75) is 25.5 Å². The zero-order valence-electron chi connectivity index (χ0n) is 16.7. The summed E-state index contributed by atoms with van der Waals surface area (Å²) in [6.45, 7) is 2.89. The van der Waals surface area contributed by atoms with Crippen LogP contribution in [-0.2, 0) is 6.54 Å². The minimum Gasteiger partial charge on any atom is -0.387 e. The maximum atomic E-state index is 13.9. The smallest absolute Gasteiger partial charge is 0.185 e. The van der Waals surface area contributed by atoms with Gasteiger partial charge in [0, 0.05) is 36.8 Å². The molecule has 1 saturated heterocycles. The lowest BCUT2D eigenvalue weighted by atomic mass is 9.96. The van der Waals surface area contributed by atoms with Crippen molar-refractivity contribution < 1.29 is 13.9 Å². The van der Waals surface area contributed by atoms with Crippen molar-refractivity contribution in [1.29, 1.82) is 0 Å². The molecular weight excluding hydrogens is 428 g/mol. The molecule has 0 amide bonds. The number of hydrogen-bond donors (Lipinski definition) is 1. The number of nitrogens with zero attached hydrogens (tertiary/aromatic N) is 3. The fourth-order valence-corrected chi connectivity index (χ4v) is 5.39. The minimum absolute atomic E-state index is 0.145. The molecular formula is C22H24ClF2N3OS. The molecule has 0 bridgehead atoms. The Morgan fingerprint density at radius 1 is 1.20 bits per heavy atom. The number of thiazole rings is 1. The van der Waals surface area contributed by atoms with Crippen molar-refractivity contribution in [3.05, 3.63) is 63.4 Å². The van der Waals surface area contributed by atoms with E-state index in [0.29, 0.717) is 12.5 Å². The Hall–Kier alpha value is -1.80. The van der Waals surface area contributed by atoms with Gasteiger partial charge in [-0.05, 0) is 56.1 Å². The van der Waals surface area contributed by atoms with Gasteiger partial charge in [-0.2, -0.15) is 0 Å². The second-order valence-electron chi connectivity index (χ2n) is 7.76. The van der Waals surface area contributed by atoms with Crippen LogP contribution in [0.2, 0.25) is 5.02 Å². The average molecular weight is 452 g/mol. The van der Waals surface area contributed by atoms with Crippen LogP contribution in [0.25, 0.3) is 10.2 Å². The topological polar surface area (TPSA) is 40.8 Å². The summed E-state index contributed by atoms with van der Waals surface area (Å²) in [5.41, 5.74) is 1.29. The molecule has 3 aromatic rings. The number of aliphatic hydroxyl groups excluding tert-OH is 1. The fraction of sp³-hybridized carbons (Fsp3) is 0.409. The van der Waals surface area contributed by atoms with Crippen molar-refractivity contribution in [3.8, 4) is 0 Å². The van der Waals surface area contributed by atoms with E-state index >= 15 is 0 Å². The lowest BCUT2D eigenvalue weighted by molar-refractivity contribution is 0.0845. The highest BCUT2D eigenvalue weighted by Crippen LogP contribution is 2.26. The van der Waals surface area contributed by atoms with Crippen LogP contribution >= 0.6 is 22.9 Å². The van der Waals surface area contributed by atoms with Gasteiger partial charge in [0.25, 0.3) is 0 Å². The first-order chi connectivity index (χ1) is 14.4. The van der Waals surface area contributed by atoms with E-state index in [1.807, 2.05) is 18.2 Å². The third-order valence-electron chi connectivity index (χ3n) is 5.74. The Morgan fingerprint density at radius 2 is 1.97 bits per heavy atom. The van der Waals surface area contributed by atoms with Gasteiger partial charge in [-0.3, -0.25) is 4.99 Å². The third kappa shape index (κ3) is 4.59. The van der Waals surface area contributed by atoms with Gasteiger partial charge in [-0.15, -0.1) is 0 Å². The lowest BCUT2D eigenvalue weighted by Crippen LogP contribution is -2.38. The van der Waals surface area contributed by atoms with Gasteiger partial charge in [0.2, 0.25) is 0 Å². The van der Waals surface area contributed by atoms with Crippen LogP contribution in [0.4, 0.5) is 8.78 Å². The molecule has 2 aromatic carbocycles. The van der Waals surface area contributed by atoms with E-state index in [0.717, 1.165) is 58.6 Å². The van der Waals surface area contributed by atoms with E-state index in [4.69, 9.17) is 11.6 Å². The maximum Gasteiger partial charge on any atom is 0.185 e. The second kappa shape index (κ2) is 9.14.